The molecule has 142 valence electrons. The van der Waals surface area contributed by atoms with E-state index in [0.29, 0.717) is 21.4 Å². The topological polar surface area (TPSA) is 99.9 Å². The first kappa shape index (κ1) is 19.3. The zero-order chi connectivity index (χ0) is 20.1. The standard InChI is InChI=1S/C20H19N5O2S/c1-20(2,3)14-7-4-5-9-16(14)27-17-15(8-6-10-22-17)24-18(26)25-19-23-12-13(11-21)28-19/h4-10,12H,1-3H3,(H2,23,24,25,26). The van der Waals surface area contributed by atoms with Crippen molar-refractivity contribution in [2.45, 2.75) is 26.2 Å². The van der Waals surface area contributed by atoms with Gasteiger partial charge in [-0.3, -0.25) is 5.32 Å². The highest BCUT2D eigenvalue weighted by molar-refractivity contribution is 7.16. The molecule has 2 aromatic heterocycles. The molecule has 0 atom stereocenters. The number of rotatable bonds is 4. The van der Waals surface area contributed by atoms with Gasteiger partial charge in [-0.2, -0.15) is 5.26 Å². The Kier molecular flexibility index (Phi) is 5.57. The summed E-state index contributed by atoms with van der Waals surface area (Å²) in [5.41, 5.74) is 1.34. The number of hydrogen-bond acceptors (Lipinski definition) is 6. The molecule has 3 aromatic rings. The second-order valence-corrected chi connectivity index (χ2v) is 7.96. The number of nitriles is 1. The minimum Gasteiger partial charge on any atom is -0.437 e. The number of carbonyl (C=O) groups is 1. The number of para-hydroxylation sites is 1. The number of nitrogens with zero attached hydrogens (tertiary/aromatic N) is 3. The van der Waals surface area contributed by atoms with Crippen molar-refractivity contribution in [2.24, 2.45) is 0 Å². The highest BCUT2D eigenvalue weighted by atomic mass is 32.1. The zero-order valence-electron chi connectivity index (χ0n) is 15.7. The minimum atomic E-state index is -0.499. The van der Waals surface area contributed by atoms with Gasteiger partial charge in [0.05, 0.1) is 6.20 Å². The van der Waals surface area contributed by atoms with Gasteiger partial charge in [0.25, 0.3) is 0 Å². The van der Waals surface area contributed by atoms with E-state index in [1.165, 1.54) is 6.20 Å². The van der Waals surface area contributed by atoms with E-state index in [9.17, 15) is 4.79 Å². The van der Waals surface area contributed by atoms with Crippen molar-refractivity contribution in [2.75, 3.05) is 10.6 Å². The lowest BCUT2D eigenvalue weighted by atomic mass is 9.86. The van der Waals surface area contributed by atoms with Gasteiger partial charge in [-0.25, -0.2) is 14.8 Å². The number of ether oxygens (including phenoxy) is 1. The highest BCUT2D eigenvalue weighted by Gasteiger charge is 2.20. The Morgan fingerprint density at radius 1 is 1.14 bits per heavy atom. The number of nitrogens with one attached hydrogen (secondary N) is 2. The molecule has 2 heterocycles. The molecule has 0 aliphatic rings. The summed E-state index contributed by atoms with van der Waals surface area (Å²) in [6.07, 6.45) is 3.00. The van der Waals surface area contributed by atoms with E-state index in [2.05, 4.69) is 41.4 Å². The number of thiazole rings is 1. The summed E-state index contributed by atoms with van der Waals surface area (Å²) in [6, 6.07) is 12.6. The van der Waals surface area contributed by atoms with E-state index in [1.54, 1.807) is 18.3 Å². The van der Waals surface area contributed by atoms with Crippen LogP contribution in [0.25, 0.3) is 0 Å². The van der Waals surface area contributed by atoms with Crippen LogP contribution in [0.2, 0.25) is 0 Å². The molecule has 8 heteroatoms. The highest BCUT2D eigenvalue weighted by Crippen LogP contribution is 2.35. The fourth-order valence-corrected chi connectivity index (χ4v) is 3.09. The molecule has 0 fully saturated rings. The summed E-state index contributed by atoms with van der Waals surface area (Å²) >= 11 is 1.09. The van der Waals surface area contributed by atoms with Crippen molar-refractivity contribution in [3.8, 4) is 17.7 Å². The maximum Gasteiger partial charge on any atom is 0.325 e. The second kappa shape index (κ2) is 8.06. The molecule has 1 aromatic carbocycles. The number of amides is 2. The largest absolute Gasteiger partial charge is 0.437 e. The summed E-state index contributed by atoms with van der Waals surface area (Å²) < 4.78 is 6.03. The number of anilines is 2. The average Bonchev–Trinajstić information content (AvgIpc) is 3.10. The van der Waals surface area contributed by atoms with Crippen LogP contribution in [0.1, 0.15) is 31.2 Å². The molecule has 0 bridgehead atoms. The molecular weight excluding hydrogens is 374 g/mol. The molecule has 2 amide bonds. The maximum absolute atomic E-state index is 12.3. The van der Waals surface area contributed by atoms with Crippen molar-refractivity contribution in [3.63, 3.8) is 0 Å². The van der Waals surface area contributed by atoms with E-state index < -0.39 is 6.03 Å². The molecule has 0 radical (unpaired) electrons. The van der Waals surface area contributed by atoms with Crippen LogP contribution in [0.15, 0.2) is 48.8 Å². The van der Waals surface area contributed by atoms with Gasteiger partial charge in [0.15, 0.2) is 5.13 Å². The van der Waals surface area contributed by atoms with Crippen molar-refractivity contribution in [3.05, 3.63) is 59.2 Å². The first-order chi connectivity index (χ1) is 13.4. The summed E-state index contributed by atoms with van der Waals surface area (Å²) in [5, 5.41) is 14.5. The first-order valence-corrected chi connectivity index (χ1v) is 9.35. The Hall–Kier alpha value is -3.44. The van der Waals surface area contributed by atoms with Crippen molar-refractivity contribution in [1.82, 2.24) is 9.97 Å². The van der Waals surface area contributed by atoms with E-state index >= 15 is 0 Å². The maximum atomic E-state index is 12.3. The quantitative estimate of drug-likeness (QED) is 0.639. The van der Waals surface area contributed by atoms with Gasteiger partial charge in [0.2, 0.25) is 5.88 Å². The fraction of sp³-hybridized carbons (Fsp3) is 0.200. The van der Waals surface area contributed by atoms with E-state index in [4.69, 9.17) is 10.00 Å². The molecule has 3 rings (SSSR count). The number of benzene rings is 1. The van der Waals surface area contributed by atoms with Gasteiger partial charge < -0.3 is 10.1 Å². The zero-order valence-corrected chi connectivity index (χ0v) is 16.5. The Morgan fingerprint density at radius 3 is 2.64 bits per heavy atom. The third kappa shape index (κ3) is 4.64. The van der Waals surface area contributed by atoms with Gasteiger partial charge in [-0.05, 0) is 23.6 Å². The molecule has 0 aliphatic carbocycles. The number of pyridine rings is 1. The third-order valence-electron chi connectivity index (χ3n) is 3.76. The van der Waals surface area contributed by atoms with Crippen LogP contribution in [-0.2, 0) is 5.41 Å². The molecular formula is C20H19N5O2S. The van der Waals surface area contributed by atoms with E-state index in [-0.39, 0.29) is 11.3 Å². The molecule has 2 N–H and O–H groups in total. The number of hydrogen-bond donors (Lipinski definition) is 2. The van der Waals surface area contributed by atoms with Crippen LogP contribution < -0.4 is 15.4 Å². The van der Waals surface area contributed by atoms with Crippen molar-refractivity contribution >= 4 is 28.2 Å². The lowest BCUT2D eigenvalue weighted by Crippen LogP contribution is -2.20. The van der Waals surface area contributed by atoms with Crippen molar-refractivity contribution in [1.29, 1.82) is 5.26 Å². The Balaban J connectivity index is 1.79. The Bertz CT molecular complexity index is 1030. The molecule has 0 saturated carbocycles. The van der Waals surface area contributed by atoms with Crippen LogP contribution in [0.3, 0.4) is 0 Å². The predicted octanol–water partition coefficient (Wildman–Crippen LogP) is 5.14. The van der Waals surface area contributed by atoms with Crippen LogP contribution in [0, 0.1) is 11.3 Å². The number of urea groups is 1. The van der Waals surface area contributed by atoms with E-state index in [0.717, 1.165) is 16.9 Å². The summed E-state index contributed by atoms with van der Waals surface area (Å²) in [5.74, 6) is 0.960. The van der Waals surface area contributed by atoms with Gasteiger partial charge in [0.1, 0.15) is 22.4 Å². The monoisotopic (exact) mass is 393 g/mol. The molecule has 0 spiro atoms. The summed E-state index contributed by atoms with van der Waals surface area (Å²) in [4.78, 5) is 20.9. The third-order valence-corrected chi connectivity index (χ3v) is 4.57. The lowest BCUT2D eigenvalue weighted by Gasteiger charge is -2.22. The summed E-state index contributed by atoms with van der Waals surface area (Å²) in [6.45, 7) is 6.30. The van der Waals surface area contributed by atoms with Crippen LogP contribution in [0.5, 0.6) is 11.6 Å². The molecule has 0 saturated heterocycles. The normalized spacial score (nSPS) is 10.8. The van der Waals surface area contributed by atoms with Gasteiger partial charge in [0, 0.05) is 11.8 Å². The second-order valence-electron chi connectivity index (χ2n) is 6.92. The SMILES string of the molecule is CC(C)(C)c1ccccc1Oc1ncccc1NC(=O)Nc1ncc(C#N)s1. The van der Waals surface area contributed by atoms with Crippen LogP contribution in [-0.4, -0.2) is 16.0 Å². The van der Waals surface area contributed by atoms with Gasteiger partial charge in [-0.1, -0.05) is 50.3 Å². The van der Waals surface area contributed by atoms with Gasteiger partial charge in [-0.15, -0.1) is 0 Å². The van der Waals surface area contributed by atoms with Gasteiger partial charge >= 0.3 is 6.03 Å². The van der Waals surface area contributed by atoms with Crippen molar-refractivity contribution < 1.29 is 9.53 Å². The predicted molar refractivity (Wildman–Crippen MR) is 109 cm³/mol. The Morgan fingerprint density at radius 2 is 1.93 bits per heavy atom. The molecule has 28 heavy (non-hydrogen) atoms. The summed E-state index contributed by atoms with van der Waals surface area (Å²) in [7, 11) is 0. The number of carbonyl (C=O) groups excluding carboxylic acids is 1. The fourth-order valence-electron chi connectivity index (χ4n) is 2.48. The average molecular weight is 393 g/mol. The first-order valence-electron chi connectivity index (χ1n) is 8.53. The van der Waals surface area contributed by atoms with E-state index in [1.807, 2.05) is 30.3 Å². The number of aromatic nitrogens is 2. The molecule has 0 unspecified atom stereocenters. The Labute approximate surface area is 167 Å². The van der Waals surface area contributed by atoms with Crippen LogP contribution in [0.4, 0.5) is 15.6 Å². The smallest absolute Gasteiger partial charge is 0.325 e. The molecule has 7 nitrogen and oxygen atoms in total. The van der Waals surface area contributed by atoms with Crippen LogP contribution >= 0.6 is 11.3 Å². The minimum absolute atomic E-state index is 0.111. The molecule has 0 aliphatic heterocycles. The lowest BCUT2D eigenvalue weighted by molar-refractivity contribution is 0.262.